The number of hydrogen-bond acceptors (Lipinski definition) is 3. The van der Waals surface area contributed by atoms with Crippen molar-refractivity contribution in [3.8, 4) is 0 Å². The molecule has 0 aromatic heterocycles. The maximum Gasteiger partial charge on any atom is 0.305 e. The van der Waals surface area contributed by atoms with Gasteiger partial charge in [-0.3, -0.25) is 9.59 Å². The Labute approximate surface area is 135 Å². The first kappa shape index (κ1) is 17.4. The lowest BCUT2D eigenvalue weighted by Crippen LogP contribution is -2.37. The van der Waals surface area contributed by atoms with E-state index in [9.17, 15) is 14.0 Å². The van der Waals surface area contributed by atoms with Crippen LogP contribution in [0.4, 0.5) is 4.39 Å². The van der Waals surface area contributed by atoms with Crippen LogP contribution in [0.25, 0.3) is 0 Å². The van der Waals surface area contributed by atoms with E-state index in [1.807, 2.05) is 6.92 Å². The lowest BCUT2D eigenvalue weighted by molar-refractivity contribution is -0.140. The third-order valence-electron chi connectivity index (χ3n) is 4.34. The molecule has 2 rings (SSSR count). The van der Waals surface area contributed by atoms with E-state index in [0.717, 1.165) is 5.56 Å². The lowest BCUT2D eigenvalue weighted by Gasteiger charge is -2.25. The van der Waals surface area contributed by atoms with E-state index in [4.69, 9.17) is 9.84 Å². The Kier molecular flexibility index (Phi) is 5.71. The summed E-state index contributed by atoms with van der Waals surface area (Å²) >= 11 is 0. The van der Waals surface area contributed by atoms with Gasteiger partial charge in [-0.15, -0.1) is 0 Å². The molecule has 0 radical (unpaired) electrons. The number of amides is 1. The van der Waals surface area contributed by atoms with E-state index in [1.165, 1.54) is 12.1 Å². The number of methoxy groups -OCH3 is 1. The first-order valence-electron chi connectivity index (χ1n) is 7.70. The van der Waals surface area contributed by atoms with Crippen molar-refractivity contribution in [1.82, 2.24) is 4.90 Å². The number of ether oxygens (including phenoxy) is 1. The van der Waals surface area contributed by atoms with Gasteiger partial charge in [0.2, 0.25) is 5.91 Å². The predicted molar refractivity (Wildman–Crippen MR) is 82.6 cm³/mol. The molecule has 5 nitrogen and oxygen atoms in total. The van der Waals surface area contributed by atoms with Gasteiger partial charge in [-0.1, -0.05) is 19.1 Å². The zero-order valence-corrected chi connectivity index (χ0v) is 13.4. The van der Waals surface area contributed by atoms with Gasteiger partial charge in [0.15, 0.2) is 0 Å². The lowest BCUT2D eigenvalue weighted by atomic mass is 9.97. The van der Waals surface area contributed by atoms with Crippen molar-refractivity contribution in [2.24, 2.45) is 0 Å². The van der Waals surface area contributed by atoms with Crippen molar-refractivity contribution in [3.63, 3.8) is 0 Å². The molecule has 1 aliphatic rings. The minimum Gasteiger partial charge on any atom is -0.481 e. The van der Waals surface area contributed by atoms with Crippen LogP contribution in [0, 0.1) is 5.82 Å². The number of likely N-dealkylation sites (tertiary alicyclic amines) is 1. The fourth-order valence-electron chi connectivity index (χ4n) is 3.06. The molecule has 1 fully saturated rings. The van der Waals surface area contributed by atoms with Crippen LogP contribution in [0.2, 0.25) is 0 Å². The second-order valence-corrected chi connectivity index (χ2v) is 6.05. The topological polar surface area (TPSA) is 66.8 Å². The molecule has 0 bridgehead atoms. The highest BCUT2D eigenvalue weighted by molar-refractivity contribution is 5.79. The monoisotopic (exact) mass is 323 g/mol. The van der Waals surface area contributed by atoms with Crippen LogP contribution >= 0.6 is 0 Å². The standard InChI is InChI=1S/C17H22FNO4/c1-11(12-4-3-5-13(18)7-12)6-16(20)19-10-15(23-2)8-14(19)9-17(21)22/h3-5,7,11,14-15H,6,8-10H2,1-2H3,(H,21,22). The Balaban J connectivity index is 2.04. The van der Waals surface area contributed by atoms with E-state index in [0.29, 0.717) is 13.0 Å². The summed E-state index contributed by atoms with van der Waals surface area (Å²) in [6, 6.07) is 5.86. The van der Waals surface area contributed by atoms with Gasteiger partial charge in [-0.25, -0.2) is 4.39 Å². The highest BCUT2D eigenvalue weighted by atomic mass is 19.1. The molecular formula is C17H22FNO4. The Morgan fingerprint density at radius 2 is 2.22 bits per heavy atom. The molecular weight excluding hydrogens is 301 g/mol. The van der Waals surface area contributed by atoms with Crippen LogP contribution < -0.4 is 0 Å². The van der Waals surface area contributed by atoms with Crippen molar-refractivity contribution < 1.29 is 23.8 Å². The molecule has 0 spiro atoms. The summed E-state index contributed by atoms with van der Waals surface area (Å²) in [5, 5.41) is 9.00. The Morgan fingerprint density at radius 1 is 1.48 bits per heavy atom. The van der Waals surface area contributed by atoms with Gasteiger partial charge in [0.05, 0.1) is 12.5 Å². The van der Waals surface area contributed by atoms with Gasteiger partial charge in [0.1, 0.15) is 5.82 Å². The number of carboxylic acid groups (broad SMARTS) is 1. The van der Waals surface area contributed by atoms with Gasteiger partial charge in [0, 0.05) is 26.1 Å². The molecule has 1 aromatic rings. The maximum absolute atomic E-state index is 13.3. The van der Waals surface area contributed by atoms with Crippen molar-refractivity contribution in [3.05, 3.63) is 35.6 Å². The van der Waals surface area contributed by atoms with E-state index in [-0.39, 0.29) is 42.6 Å². The maximum atomic E-state index is 13.3. The molecule has 1 heterocycles. The van der Waals surface area contributed by atoms with Crippen LogP contribution in [0.15, 0.2) is 24.3 Å². The molecule has 1 aromatic carbocycles. The Morgan fingerprint density at radius 3 is 2.83 bits per heavy atom. The van der Waals surface area contributed by atoms with Crippen LogP contribution in [0.3, 0.4) is 0 Å². The summed E-state index contributed by atoms with van der Waals surface area (Å²) in [4.78, 5) is 25.1. The van der Waals surface area contributed by atoms with Gasteiger partial charge in [-0.2, -0.15) is 0 Å². The molecule has 0 aliphatic carbocycles. The minimum absolute atomic E-state index is 0.0834. The summed E-state index contributed by atoms with van der Waals surface area (Å²) < 4.78 is 18.6. The first-order chi connectivity index (χ1) is 10.9. The second-order valence-electron chi connectivity index (χ2n) is 6.05. The second kappa shape index (κ2) is 7.55. The van der Waals surface area contributed by atoms with Crippen molar-refractivity contribution >= 4 is 11.9 Å². The molecule has 126 valence electrons. The summed E-state index contributed by atoms with van der Waals surface area (Å²) in [5.41, 5.74) is 0.760. The van der Waals surface area contributed by atoms with Gasteiger partial charge >= 0.3 is 5.97 Å². The van der Waals surface area contributed by atoms with E-state index in [1.54, 1.807) is 24.1 Å². The number of carbonyl (C=O) groups excluding carboxylic acids is 1. The van der Waals surface area contributed by atoms with Crippen LogP contribution in [0.1, 0.15) is 37.7 Å². The van der Waals surface area contributed by atoms with Crippen LogP contribution in [-0.2, 0) is 14.3 Å². The molecule has 23 heavy (non-hydrogen) atoms. The predicted octanol–water partition coefficient (Wildman–Crippen LogP) is 2.41. The number of nitrogens with zero attached hydrogens (tertiary/aromatic N) is 1. The number of benzene rings is 1. The summed E-state index contributed by atoms with van der Waals surface area (Å²) in [5.74, 6) is -1.51. The fraction of sp³-hybridized carbons (Fsp3) is 0.529. The number of halogens is 1. The Hall–Kier alpha value is -1.95. The molecule has 0 saturated carbocycles. The third-order valence-corrected chi connectivity index (χ3v) is 4.34. The molecule has 6 heteroatoms. The third kappa shape index (κ3) is 4.51. The van der Waals surface area contributed by atoms with Crippen molar-refractivity contribution in [2.45, 2.75) is 44.2 Å². The summed E-state index contributed by atoms with van der Waals surface area (Å²) in [6.45, 7) is 2.27. The van der Waals surface area contributed by atoms with Gasteiger partial charge < -0.3 is 14.7 Å². The highest BCUT2D eigenvalue weighted by Crippen LogP contribution is 2.27. The van der Waals surface area contributed by atoms with Crippen LogP contribution in [0.5, 0.6) is 0 Å². The molecule has 1 N–H and O–H groups in total. The molecule has 1 aliphatic heterocycles. The number of carbonyl (C=O) groups is 2. The SMILES string of the molecule is COC1CC(CC(=O)O)N(C(=O)CC(C)c2cccc(F)c2)C1. The van der Waals surface area contributed by atoms with Crippen molar-refractivity contribution in [1.29, 1.82) is 0 Å². The van der Waals surface area contributed by atoms with Gasteiger partial charge in [0.25, 0.3) is 0 Å². The minimum atomic E-state index is -0.928. The molecule has 1 saturated heterocycles. The zero-order valence-electron chi connectivity index (χ0n) is 13.4. The van der Waals surface area contributed by atoms with E-state index < -0.39 is 5.97 Å². The average Bonchev–Trinajstić information content (AvgIpc) is 2.89. The zero-order chi connectivity index (χ0) is 17.0. The Bertz CT molecular complexity index is 577. The van der Waals surface area contributed by atoms with E-state index in [2.05, 4.69) is 0 Å². The molecule has 1 amide bonds. The summed E-state index contributed by atoms with van der Waals surface area (Å²) in [7, 11) is 1.56. The smallest absolute Gasteiger partial charge is 0.305 e. The largest absolute Gasteiger partial charge is 0.481 e. The molecule has 3 unspecified atom stereocenters. The quantitative estimate of drug-likeness (QED) is 0.873. The normalized spacial score (nSPS) is 22.1. The van der Waals surface area contributed by atoms with Gasteiger partial charge in [-0.05, 0) is 30.0 Å². The molecule has 3 atom stereocenters. The summed E-state index contributed by atoms with van der Waals surface area (Å²) in [6.07, 6.45) is 0.534. The highest BCUT2D eigenvalue weighted by Gasteiger charge is 2.36. The number of hydrogen-bond donors (Lipinski definition) is 1. The van der Waals surface area contributed by atoms with Crippen molar-refractivity contribution in [2.75, 3.05) is 13.7 Å². The first-order valence-corrected chi connectivity index (χ1v) is 7.70. The van der Waals surface area contributed by atoms with Crippen LogP contribution in [-0.4, -0.2) is 47.7 Å². The number of aliphatic carboxylic acids is 1. The average molecular weight is 323 g/mol. The number of rotatable bonds is 6. The van der Waals surface area contributed by atoms with E-state index >= 15 is 0 Å². The fourth-order valence-corrected chi connectivity index (χ4v) is 3.06. The number of carboxylic acids is 1.